The number of aromatic hydroxyl groups is 1. The first-order valence-corrected chi connectivity index (χ1v) is 5.44. The summed E-state index contributed by atoms with van der Waals surface area (Å²) >= 11 is 5.74. The number of rotatable bonds is 3. The molecule has 0 aromatic heterocycles. The molecule has 0 aliphatic rings. The number of amides is 1. The highest BCUT2D eigenvalue weighted by Crippen LogP contribution is 2.22. The van der Waals surface area contributed by atoms with Gasteiger partial charge in [-0.3, -0.25) is 4.79 Å². The largest absolute Gasteiger partial charge is 0.507 e. The first-order valence-electron chi connectivity index (χ1n) is 5.07. The fraction of sp³-hybridized carbons (Fsp3) is 0.273. The van der Waals surface area contributed by atoms with Gasteiger partial charge in [-0.2, -0.15) is 0 Å². The van der Waals surface area contributed by atoms with Crippen LogP contribution in [-0.2, 0) is 0 Å². The maximum atomic E-state index is 11.9. The Labute approximate surface area is 109 Å². The molecule has 1 amide bonds. The molecule has 5 N–H and O–H groups in total. The van der Waals surface area contributed by atoms with Crippen LogP contribution in [0.2, 0.25) is 5.02 Å². The molecule has 0 unspecified atom stereocenters. The number of phenolic OH excluding ortho intramolecular Hbond substituents is 1. The molecule has 0 saturated carbocycles. The van der Waals surface area contributed by atoms with E-state index in [4.69, 9.17) is 22.5 Å². The minimum Gasteiger partial charge on any atom is -0.507 e. The summed E-state index contributed by atoms with van der Waals surface area (Å²) in [7, 11) is 0. The Bertz CT molecular complexity index is 500. The highest BCUT2D eigenvalue weighted by Gasteiger charge is 2.27. The number of nitrogens with two attached hydrogens (primary N) is 1. The number of nitrogens with zero attached hydrogens (tertiary/aromatic N) is 1. The minimum absolute atomic E-state index is 0.0151. The van der Waals surface area contributed by atoms with Gasteiger partial charge in [0.1, 0.15) is 5.75 Å². The second-order valence-electron chi connectivity index (χ2n) is 4.23. The number of amidine groups is 1. The number of carbonyl (C=O) groups is 1. The lowest BCUT2D eigenvalue weighted by molar-refractivity contribution is 0.0928. The summed E-state index contributed by atoms with van der Waals surface area (Å²) in [6.07, 6.45) is 0. The molecular formula is C11H14ClN3O3. The molecule has 0 atom stereocenters. The molecule has 0 aliphatic carbocycles. The van der Waals surface area contributed by atoms with Crippen LogP contribution in [0.25, 0.3) is 0 Å². The number of nitrogens with one attached hydrogen (secondary N) is 1. The molecule has 0 aliphatic heterocycles. The maximum Gasteiger partial charge on any atom is 0.255 e. The summed E-state index contributed by atoms with van der Waals surface area (Å²) in [5, 5.41) is 23.8. The van der Waals surface area contributed by atoms with Crippen molar-refractivity contribution in [3.8, 4) is 5.75 Å². The topological polar surface area (TPSA) is 108 Å². The third kappa shape index (κ3) is 3.04. The van der Waals surface area contributed by atoms with Crippen LogP contribution in [0.3, 0.4) is 0 Å². The summed E-state index contributed by atoms with van der Waals surface area (Å²) in [6.45, 7) is 3.11. The molecule has 0 fully saturated rings. The Hall–Kier alpha value is -1.95. The second-order valence-corrected chi connectivity index (χ2v) is 4.66. The van der Waals surface area contributed by atoms with Crippen LogP contribution in [0.1, 0.15) is 24.2 Å². The van der Waals surface area contributed by atoms with Crippen molar-refractivity contribution in [3.05, 3.63) is 28.8 Å². The molecule has 1 aromatic rings. The molecule has 7 heteroatoms. The average Bonchev–Trinajstić information content (AvgIpc) is 2.30. The average molecular weight is 272 g/mol. The fourth-order valence-electron chi connectivity index (χ4n) is 1.23. The normalized spacial score (nSPS) is 12.3. The zero-order valence-electron chi connectivity index (χ0n) is 9.94. The Morgan fingerprint density at radius 1 is 1.50 bits per heavy atom. The Morgan fingerprint density at radius 2 is 2.11 bits per heavy atom. The molecule has 1 aromatic carbocycles. The summed E-state index contributed by atoms with van der Waals surface area (Å²) < 4.78 is 0. The predicted molar refractivity (Wildman–Crippen MR) is 68.1 cm³/mol. The van der Waals surface area contributed by atoms with Crippen molar-refractivity contribution in [2.75, 3.05) is 0 Å². The Morgan fingerprint density at radius 3 is 2.67 bits per heavy atom. The maximum absolute atomic E-state index is 11.9. The first-order chi connectivity index (χ1) is 8.27. The molecule has 18 heavy (non-hydrogen) atoms. The Balaban J connectivity index is 2.99. The molecule has 6 nitrogen and oxygen atoms in total. The zero-order valence-corrected chi connectivity index (χ0v) is 10.7. The summed E-state index contributed by atoms with van der Waals surface area (Å²) in [4.78, 5) is 11.9. The lowest BCUT2D eigenvalue weighted by Gasteiger charge is -2.24. The third-order valence-corrected chi connectivity index (χ3v) is 2.61. The molecule has 0 saturated heterocycles. The standard InChI is InChI=1S/C11H14ClN3O3/c1-11(2,10(13)15-18)14-9(17)7-5-6(12)3-4-8(7)16/h3-5,16,18H,1-2H3,(H2,13,15)(H,14,17). The van der Waals surface area contributed by atoms with E-state index in [1.165, 1.54) is 18.2 Å². The van der Waals surface area contributed by atoms with Gasteiger partial charge in [0, 0.05) is 5.02 Å². The number of halogens is 1. The summed E-state index contributed by atoms with van der Waals surface area (Å²) in [6, 6.07) is 4.10. The van der Waals surface area contributed by atoms with E-state index in [2.05, 4.69) is 10.5 Å². The minimum atomic E-state index is -1.05. The van der Waals surface area contributed by atoms with Gasteiger partial charge in [-0.1, -0.05) is 16.8 Å². The van der Waals surface area contributed by atoms with Crippen molar-refractivity contribution in [1.29, 1.82) is 0 Å². The van der Waals surface area contributed by atoms with Gasteiger partial charge < -0.3 is 21.4 Å². The fourth-order valence-corrected chi connectivity index (χ4v) is 1.40. The van der Waals surface area contributed by atoms with E-state index in [-0.39, 0.29) is 17.1 Å². The van der Waals surface area contributed by atoms with E-state index in [0.717, 1.165) is 0 Å². The van der Waals surface area contributed by atoms with Crippen LogP contribution in [0.4, 0.5) is 0 Å². The molecule has 0 heterocycles. The number of phenols is 1. The first kappa shape index (κ1) is 14.1. The van der Waals surface area contributed by atoms with Gasteiger partial charge in [0.15, 0.2) is 5.84 Å². The smallest absolute Gasteiger partial charge is 0.255 e. The van der Waals surface area contributed by atoms with Gasteiger partial charge in [-0.05, 0) is 32.0 Å². The number of hydrogen-bond acceptors (Lipinski definition) is 4. The van der Waals surface area contributed by atoms with Crippen LogP contribution < -0.4 is 11.1 Å². The SMILES string of the molecule is CC(C)(NC(=O)c1cc(Cl)ccc1O)/C(N)=N/O. The van der Waals surface area contributed by atoms with Gasteiger partial charge in [0.05, 0.1) is 11.1 Å². The van der Waals surface area contributed by atoms with Crippen LogP contribution in [0.5, 0.6) is 5.75 Å². The molecule has 98 valence electrons. The Kier molecular flexibility index (Phi) is 4.03. The molecular weight excluding hydrogens is 258 g/mol. The third-order valence-electron chi connectivity index (χ3n) is 2.38. The van der Waals surface area contributed by atoms with Crippen molar-refractivity contribution in [1.82, 2.24) is 5.32 Å². The molecule has 1 rings (SSSR count). The number of oxime groups is 1. The van der Waals surface area contributed by atoms with Gasteiger partial charge in [0.2, 0.25) is 0 Å². The number of carbonyl (C=O) groups excluding carboxylic acids is 1. The predicted octanol–water partition coefficient (Wildman–Crippen LogP) is 1.30. The van der Waals surface area contributed by atoms with Crippen LogP contribution >= 0.6 is 11.6 Å². The monoisotopic (exact) mass is 271 g/mol. The zero-order chi connectivity index (χ0) is 13.9. The lowest BCUT2D eigenvalue weighted by Crippen LogP contribution is -2.53. The van der Waals surface area contributed by atoms with Gasteiger partial charge in [-0.25, -0.2) is 0 Å². The van der Waals surface area contributed by atoms with Gasteiger partial charge >= 0.3 is 0 Å². The van der Waals surface area contributed by atoms with E-state index in [1.54, 1.807) is 13.8 Å². The van der Waals surface area contributed by atoms with E-state index in [9.17, 15) is 9.90 Å². The number of hydrogen-bond donors (Lipinski definition) is 4. The van der Waals surface area contributed by atoms with Crippen molar-refractivity contribution in [2.24, 2.45) is 10.9 Å². The van der Waals surface area contributed by atoms with Crippen LogP contribution in [0, 0.1) is 0 Å². The lowest BCUT2D eigenvalue weighted by atomic mass is 10.0. The van der Waals surface area contributed by atoms with Gasteiger partial charge in [-0.15, -0.1) is 0 Å². The van der Waals surface area contributed by atoms with E-state index in [0.29, 0.717) is 5.02 Å². The van der Waals surface area contributed by atoms with Crippen molar-refractivity contribution >= 4 is 23.3 Å². The molecule has 0 bridgehead atoms. The highest BCUT2D eigenvalue weighted by molar-refractivity contribution is 6.31. The molecule has 0 radical (unpaired) electrons. The number of benzene rings is 1. The van der Waals surface area contributed by atoms with Crippen LogP contribution in [-0.4, -0.2) is 27.6 Å². The highest BCUT2D eigenvalue weighted by atomic mass is 35.5. The van der Waals surface area contributed by atoms with Crippen molar-refractivity contribution < 1.29 is 15.1 Å². The second kappa shape index (κ2) is 5.14. The quantitative estimate of drug-likeness (QED) is 0.288. The molecule has 0 spiro atoms. The van der Waals surface area contributed by atoms with Crippen molar-refractivity contribution in [3.63, 3.8) is 0 Å². The summed E-state index contributed by atoms with van der Waals surface area (Å²) in [5.41, 5.74) is 4.40. The van der Waals surface area contributed by atoms with Crippen molar-refractivity contribution in [2.45, 2.75) is 19.4 Å². The van der Waals surface area contributed by atoms with E-state index < -0.39 is 11.4 Å². The van der Waals surface area contributed by atoms with E-state index in [1.807, 2.05) is 0 Å². The summed E-state index contributed by atoms with van der Waals surface area (Å²) in [5.74, 6) is -0.934. The van der Waals surface area contributed by atoms with Crippen LogP contribution in [0.15, 0.2) is 23.4 Å². The van der Waals surface area contributed by atoms with E-state index >= 15 is 0 Å². The van der Waals surface area contributed by atoms with Gasteiger partial charge in [0.25, 0.3) is 5.91 Å².